The number of sulfonamides is 1. The van der Waals surface area contributed by atoms with Gasteiger partial charge < -0.3 is 19.3 Å². The number of aromatic nitrogens is 1. The van der Waals surface area contributed by atoms with Gasteiger partial charge in [-0.2, -0.15) is 4.31 Å². The summed E-state index contributed by atoms with van der Waals surface area (Å²) in [7, 11) is -3.55. The quantitative estimate of drug-likeness (QED) is 0.599. The highest BCUT2D eigenvalue weighted by atomic mass is 32.2. The van der Waals surface area contributed by atoms with Crippen molar-refractivity contribution < 1.29 is 22.7 Å². The molecule has 1 aromatic heterocycles. The molecule has 2 aliphatic rings. The minimum atomic E-state index is -3.55. The largest absolute Gasteiger partial charge is 0.494 e. The molecule has 4 rings (SSSR count). The Morgan fingerprint density at radius 1 is 1.00 bits per heavy atom. The smallest absolute Gasteiger partial charge is 0.244 e. The predicted octanol–water partition coefficient (Wildman–Crippen LogP) is 1.39. The zero-order valence-electron chi connectivity index (χ0n) is 18.9. The van der Waals surface area contributed by atoms with Gasteiger partial charge in [-0.15, -0.1) is 0 Å². The number of hydrogen-bond donors (Lipinski definition) is 0. The molecule has 1 aromatic carbocycles. The number of carbonyl (C=O) groups is 1. The van der Waals surface area contributed by atoms with Crippen LogP contribution in [-0.2, 0) is 26.0 Å². The molecule has 0 spiro atoms. The van der Waals surface area contributed by atoms with Crippen LogP contribution in [0.1, 0.15) is 12.5 Å². The Morgan fingerprint density at radius 2 is 1.70 bits per heavy atom. The number of anilines is 1. The third-order valence-electron chi connectivity index (χ3n) is 5.87. The van der Waals surface area contributed by atoms with Crippen molar-refractivity contribution in [1.29, 1.82) is 0 Å². The Labute approximate surface area is 195 Å². The van der Waals surface area contributed by atoms with Crippen molar-refractivity contribution in [3.63, 3.8) is 0 Å². The van der Waals surface area contributed by atoms with Crippen LogP contribution >= 0.6 is 0 Å². The van der Waals surface area contributed by atoms with Gasteiger partial charge in [0.1, 0.15) is 16.5 Å². The van der Waals surface area contributed by atoms with E-state index in [1.807, 2.05) is 36.1 Å². The standard InChI is InChI=1S/C23H30N4O5S/c1-2-32-20-5-3-19(4-6-20)17-23(28)26-11-9-25(10-12-26)22-8-7-21(18-24-22)33(29,30)27-13-15-31-16-14-27/h3-8,18H,2,9-17H2,1H3. The summed E-state index contributed by atoms with van der Waals surface area (Å²) in [6.07, 6.45) is 1.78. The van der Waals surface area contributed by atoms with Crippen LogP contribution in [0.25, 0.3) is 0 Å². The molecule has 0 saturated carbocycles. The fourth-order valence-corrected chi connectivity index (χ4v) is 5.34. The highest BCUT2D eigenvalue weighted by molar-refractivity contribution is 7.89. The average molecular weight is 475 g/mol. The van der Waals surface area contributed by atoms with Crippen molar-refractivity contribution in [3.8, 4) is 5.75 Å². The van der Waals surface area contributed by atoms with Crippen LogP contribution in [0.3, 0.4) is 0 Å². The number of amides is 1. The van der Waals surface area contributed by atoms with Gasteiger partial charge in [-0.25, -0.2) is 13.4 Å². The zero-order valence-corrected chi connectivity index (χ0v) is 19.7. The third kappa shape index (κ3) is 5.63. The second kappa shape index (κ2) is 10.5. The molecule has 0 N–H and O–H groups in total. The lowest BCUT2D eigenvalue weighted by molar-refractivity contribution is -0.130. The monoisotopic (exact) mass is 474 g/mol. The molecular weight excluding hydrogens is 444 g/mol. The topological polar surface area (TPSA) is 92.3 Å². The third-order valence-corrected chi connectivity index (χ3v) is 7.76. The summed E-state index contributed by atoms with van der Waals surface area (Å²) in [5, 5.41) is 0. The van der Waals surface area contributed by atoms with E-state index in [4.69, 9.17) is 9.47 Å². The first-order valence-corrected chi connectivity index (χ1v) is 12.7. The van der Waals surface area contributed by atoms with E-state index in [1.165, 1.54) is 10.5 Å². The molecule has 1 amide bonds. The molecular formula is C23H30N4O5S. The maximum absolute atomic E-state index is 12.8. The molecule has 0 bridgehead atoms. The normalized spacial score (nSPS) is 17.7. The molecule has 0 atom stereocenters. The molecule has 0 aliphatic carbocycles. The van der Waals surface area contributed by atoms with Crippen LogP contribution in [0.5, 0.6) is 5.75 Å². The van der Waals surface area contributed by atoms with Gasteiger partial charge in [-0.05, 0) is 36.8 Å². The molecule has 33 heavy (non-hydrogen) atoms. The van der Waals surface area contributed by atoms with Gasteiger partial charge in [0.05, 0.1) is 26.2 Å². The Kier molecular flexibility index (Phi) is 7.46. The van der Waals surface area contributed by atoms with Gasteiger partial charge >= 0.3 is 0 Å². The van der Waals surface area contributed by atoms with Crippen LogP contribution in [0.4, 0.5) is 5.82 Å². The summed E-state index contributed by atoms with van der Waals surface area (Å²) >= 11 is 0. The zero-order chi connectivity index (χ0) is 23.3. The second-order valence-electron chi connectivity index (χ2n) is 7.99. The van der Waals surface area contributed by atoms with Gasteiger partial charge in [-0.1, -0.05) is 12.1 Å². The number of rotatable bonds is 7. The van der Waals surface area contributed by atoms with Crippen molar-refractivity contribution in [2.75, 3.05) is 64.0 Å². The Hall–Kier alpha value is -2.69. The molecule has 2 aliphatic heterocycles. The van der Waals surface area contributed by atoms with Crippen LogP contribution in [0, 0.1) is 0 Å². The first-order chi connectivity index (χ1) is 16.0. The van der Waals surface area contributed by atoms with Crippen LogP contribution in [0.15, 0.2) is 47.5 Å². The summed E-state index contributed by atoms with van der Waals surface area (Å²) in [5.41, 5.74) is 0.963. The first kappa shape index (κ1) is 23.5. The molecule has 9 nitrogen and oxygen atoms in total. The van der Waals surface area contributed by atoms with Crippen molar-refractivity contribution >= 4 is 21.7 Å². The van der Waals surface area contributed by atoms with E-state index in [-0.39, 0.29) is 10.8 Å². The molecule has 0 radical (unpaired) electrons. The lowest BCUT2D eigenvalue weighted by atomic mass is 10.1. The Balaban J connectivity index is 1.30. The minimum absolute atomic E-state index is 0.0960. The van der Waals surface area contributed by atoms with E-state index in [0.717, 1.165) is 17.1 Å². The molecule has 0 unspecified atom stereocenters. The number of ether oxygens (including phenoxy) is 2. The lowest BCUT2D eigenvalue weighted by Gasteiger charge is -2.35. The van der Waals surface area contributed by atoms with E-state index in [1.54, 1.807) is 12.1 Å². The molecule has 178 valence electrons. The maximum atomic E-state index is 12.8. The highest BCUT2D eigenvalue weighted by Gasteiger charge is 2.27. The van der Waals surface area contributed by atoms with E-state index in [0.29, 0.717) is 65.5 Å². The van der Waals surface area contributed by atoms with Crippen molar-refractivity contribution in [2.24, 2.45) is 0 Å². The lowest BCUT2D eigenvalue weighted by Crippen LogP contribution is -2.49. The number of nitrogens with zero attached hydrogens (tertiary/aromatic N) is 4. The molecule has 3 heterocycles. The predicted molar refractivity (Wildman–Crippen MR) is 124 cm³/mol. The second-order valence-corrected chi connectivity index (χ2v) is 9.93. The highest BCUT2D eigenvalue weighted by Crippen LogP contribution is 2.20. The van der Waals surface area contributed by atoms with Gasteiger partial charge in [0.15, 0.2) is 0 Å². The van der Waals surface area contributed by atoms with Gasteiger partial charge in [-0.3, -0.25) is 4.79 Å². The maximum Gasteiger partial charge on any atom is 0.244 e. The number of piperazine rings is 1. The number of hydrogen-bond acceptors (Lipinski definition) is 7. The van der Waals surface area contributed by atoms with Gasteiger partial charge in [0.2, 0.25) is 15.9 Å². The fourth-order valence-electron chi connectivity index (χ4n) is 3.99. The summed E-state index contributed by atoms with van der Waals surface area (Å²) in [6, 6.07) is 11.0. The number of benzene rings is 1. The van der Waals surface area contributed by atoms with E-state index in [9.17, 15) is 13.2 Å². The Bertz CT molecular complexity index is 1030. The van der Waals surface area contributed by atoms with Crippen molar-refractivity contribution in [2.45, 2.75) is 18.2 Å². The van der Waals surface area contributed by atoms with Crippen LogP contribution in [0.2, 0.25) is 0 Å². The number of morpholine rings is 1. The molecule has 2 aromatic rings. The van der Waals surface area contributed by atoms with E-state index in [2.05, 4.69) is 9.88 Å². The summed E-state index contributed by atoms with van der Waals surface area (Å²) < 4.78 is 37.6. The van der Waals surface area contributed by atoms with Gasteiger partial charge in [0, 0.05) is 45.5 Å². The first-order valence-electron chi connectivity index (χ1n) is 11.3. The summed E-state index contributed by atoms with van der Waals surface area (Å²) in [6.45, 7) is 6.59. The molecule has 10 heteroatoms. The minimum Gasteiger partial charge on any atom is -0.494 e. The van der Waals surface area contributed by atoms with Crippen molar-refractivity contribution in [1.82, 2.24) is 14.2 Å². The Morgan fingerprint density at radius 3 is 2.30 bits per heavy atom. The summed E-state index contributed by atoms with van der Waals surface area (Å²) in [4.78, 5) is 21.2. The molecule has 2 saturated heterocycles. The van der Waals surface area contributed by atoms with E-state index >= 15 is 0 Å². The average Bonchev–Trinajstić information content (AvgIpc) is 2.86. The summed E-state index contributed by atoms with van der Waals surface area (Å²) in [5.74, 6) is 1.62. The SMILES string of the molecule is CCOc1ccc(CC(=O)N2CCN(c3ccc(S(=O)(=O)N4CCOCC4)cn3)CC2)cc1. The van der Waals surface area contributed by atoms with E-state index < -0.39 is 10.0 Å². The number of pyridine rings is 1. The van der Waals surface area contributed by atoms with Crippen molar-refractivity contribution in [3.05, 3.63) is 48.2 Å². The van der Waals surface area contributed by atoms with Crippen LogP contribution < -0.4 is 9.64 Å². The number of carbonyl (C=O) groups excluding carboxylic acids is 1. The van der Waals surface area contributed by atoms with Gasteiger partial charge in [0.25, 0.3) is 0 Å². The molecule has 2 fully saturated rings. The van der Waals surface area contributed by atoms with Crippen LogP contribution in [-0.4, -0.2) is 87.6 Å². The fraction of sp³-hybridized carbons (Fsp3) is 0.478.